The minimum absolute atomic E-state index is 0.103. The molecular formula is C13H19BrN4O. The van der Waals surface area contributed by atoms with Crippen molar-refractivity contribution < 1.29 is 4.79 Å². The van der Waals surface area contributed by atoms with Crippen LogP contribution >= 0.6 is 15.9 Å². The Morgan fingerprint density at radius 1 is 1.47 bits per heavy atom. The number of carbonyl (C=O) groups is 1. The highest BCUT2D eigenvalue weighted by molar-refractivity contribution is 9.10. The van der Waals surface area contributed by atoms with Crippen LogP contribution in [0.3, 0.4) is 0 Å². The average molecular weight is 327 g/mol. The first-order valence-corrected chi connectivity index (χ1v) is 7.34. The summed E-state index contributed by atoms with van der Waals surface area (Å²) in [7, 11) is 1.94. The lowest BCUT2D eigenvalue weighted by atomic mass is 10.3. The molecule has 1 aromatic rings. The Balaban J connectivity index is 1.64. The predicted molar refractivity (Wildman–Crippen MR) is 76.7 cm³/mol. The highest BCUT2D eigenvalue weighted by Crippen LogP contribution is 2.27. The second-order valence-corrected chi connectivity index (χ2v) is 5.97. The first-order valence-electron chi connectivity index (χ1n) is 6.55. The van der Waals surface area contributed by atoms with Gasteiger partial charge in [-0.25, -0.2) is 9.97 Å². The molecule has 104 valence electrons. The number of amides is 1. The van der Waals surface area contributed by atoms with Crippen LogP contribution in [-0.4, -0.2) is 47.5 Å². The van der Waals surface area contributed by atoms with Gasteiger partial charge in [0.05, 0.1) is 11.0 Å². The van der Waals surface area contributed by atoms with Gasteiger partial charge in [0, 0.05) is 31.9 Å². The van der Waals surface area contributed by atoms with Gasteiger partial charge in [-0.1, -0.05) is 0 Å². The van der Waals surface area contributed by atoms with Crippen molar-refractivity contribution in [3.8, 4) is 0 Å². The molecule has 2 rings (SSSR count). The fourth-order valence-electron chi connectivity index (χ4n) is 1.72. The number of nitrogens with one attached hydrogen (secondary N) is 1. The molecule has 0 radical (unpaired) electrons. The normalized spacial score (nSPS) is 14.7. The number of carbonyl (C=O) groups excluding carboxylic acids is 1. The summed E-state index contributed by atoms with van der Waals surface area (Å²) in [4.78, 5) is 22.1. The number of hydrogen-bond donors (Lipinski definition) is 1. The number of hydrogen-bond acceptors (Lipinski definition) is 4. The summed E-state index contributed by atoms with van der Waals surface area (Å²) in [6.07, 6.45) is 6.75. The van der Waals surface area contributed by atoms with Crippen molar-refractivity contribution in [2.24, 2.45) is 5.92 Å². The molecule has 1 aromatic heterocycles. The first kappa shape index (κ1) is 14.4. The smallest absolute Gasteiger partial charge is 0.234 e. The molecule has 0 atom stereocenters. The molecule has 0 aliphatic heterocycles. The van der Waals surface area contributed by atoms with Crippen LogP contribution in [0.5, 0.6) is 0 Å². The molecule has 1 N–H and O–H groups in total. The molecule has 0 saturated heterocycles. The molecular weight excluding hydrogens is 308 g/mol. The molecule has 19 heavy (non-hydrogen) atoms. The highest BCUT2D eigenvalue weighted by Gasteiger charge is 2.21. The second-order valence-electron chi connectivity index (χ2n) is 5.05. The molecule has 0 bridgehead atoms. The van der Waals surface area contributed by atoms with E-state index in [9.17, 15) is 4.79 Å². The molecule has 1 heterocycles. The summed E-state index contributed by atoms with van der Waals surface area (Å²) in [6, 6.07) is 0. The topological polar surface area (TPSA) is 58.1 Å². The molecule has 5 nitrogen and oxygen atoms in total. The van der Waals surface area contributed by atoms with Crippen molar-refractivity contribution in [2.45, 2.75) is 19.3 Å². The van der Waals surface area contributed by atoms with Gasteiger partial charge in [-0.3, -0.25) is 9.69 Å². The van der Waals surface area contributed by atoms with E-state index in [4.69, 9.17) is 0 Å². The zero-order valence-electron chi connectivity index (χ0n) is 11.1. The number of likely N-dealkylation sites (N-methyl/N-ethyl adjacent to an activating group) is 1. The molecule has 0 unspecified atom stereocenters. The van der Waals surface area contributed by atoms with Crippen molar-refractivity contribution >= 4 is 21.8 Å². The van der Waals surface area contributed by atoms with E-state index >= 15 is 0 Å². The van der Waals surface area contributed by atoms with E-state index in [1.54, 1.807) is 12.4 Å². The molecule has 1 aliphatic carbocycles. The van der Waals surface area contributed by atoms with E-state index in [-0.39, 0.29) is 5.91 Å². The van der Waals surface area contributed by atoms with Crippen molar-refractivity contribution in [2.75, 3.05) is 26.7 Å². The van der Waals surface area contributed by atoms with E-state index in [1.807, 2.05) is 11.9 Å². The fourth-order valence-corrected chi connectivity index (χ4v) is 1.92. The van der Waals surface area contributed by atoms with Gasteiger partial charge in [0.15, 0.2) is 0 Å². The van der Waals surface area contributed by atoms with Crippen LogP contribution in [0.25, 0.3) is 0 Å². The Kier molecular flexibility index (Phi) is 5.27. The number of aromatic nitrogens is 2. The van der Waals surface area contributed by atoms with Crippen LogP contribution in [0.15, 0.2) is 16.9 Å². The van der Waals surface area contributed by atoms with Gasteiger partial charge in [-0.2, -0.15) is 0 Å². The van der Waals surface area contributed by atoms with Gasteiger partial charge in [-0.05, 0) is 41.7 Å². The monoisotopic (exact) mass is 326 g/mol. The minimum Gasteiger partial charge on any atom is -0.355 e. The van der Waals surface area contributed by atoms with Gasteiger partial charge in [-0.15, -0.1) is 0 Å². The van der Waals surface area contributed by atoms with Crippen molar-refractivity contribution in [1.29, 1.82) is 0 Å². The van der Waals surface area contributed by atoms with Crippen molar-refractivity contribution in [1.82, 2.24) is 20.2 Å². The number of rotatable bonds is 7. The summed E-state index contributed by atoms with van der Waals surface area (Å²) in [5.41, 5.74) is 0. The van der Waals surface area contributed by atoms with E-state index in [0.29, 0.717) is 6.54 Å². The van der Waals surface area contributed by atoms with Gasteiger partial charge < -0.3 is 5.32 Å². The van der Waals surface area contributed by atoms with Crippen LogP contribution in [0, 0.1) is 5.92 Å². The largest absolute Gasteiger partial charge is 0.355 e. The first-order chi connectivity index (χ1) is 9.13. The van der Waals surface area contributed by atoms with E-state index in [2.05, 4.69) is 31.2 Å². The Labute approximate surface area is 121 Å². The van der Waals surface area contributed by atoms with Gasteiger partial charge >= 0.3 is 0 Å². The summed E-state index contributed by atoms with van der Waals surface area (Å²) in [5.74, 6) is 1.63. The summed E-state index contributed by atoms with van der Waals surface area (Å²) < 4.78 is 0.879. The Morgan fingerprint density at radius 2 is 2.16 bits per heavy atom. The summed E-state index contributed by atoms with van der Waals surface area (Å²) in [5, 5.41) is 2.96. The average Bonchev–Trinajstić information content (AvgIpc) is 3.20. The molecule has 1 amide bonds. The third kappa shape index (κ3) is 5.65. The molecule has 1 saturated carbocycles. The maximum Gasteiger partial charge on any atom is 0.234 e. The maximum atomic E-state index is 11.7. The standard InChI is InChI=1S/C13H19BrN4O/c1-18(9-13(19)17-6-10-2-3-10)5-4-12-15-7-11(14)8-16-12/h7-8,10H,2-6,9H2,1H3,(H,17,19). The van der Waals surface area contributed by atoms with Crippen LogP contribution in [0.4, 0.5) is 0 Å². The molecule has 6 heteroatoms. The predicted octanol–water partition coefficient (Wildman–Crippen LogP) is 1.24. The lowest BCUT2D eigenvalue weighted by Gasteiger charge is -2.15. The number of nitrogens with zero attached hydrogens (tertiary/aromatic N) is 3. The zero-order chi connectivity index (χ0) is 13.7. The Bertz CT molecular complexity index is 419. The van der Waals surface area contributed by atoms with Crippen LogP contribution < -0.4 is 5.32 Å². The summed E-state index contributed by atoms with van der Waals surface area (Å²) >= 11 is 3.30. The van der Waals surface area contributed by atoms with E-state index in [1.165, 1.54) is 12.8 Å². The molecule has 1 aliphatic rings. The van der Waals surface area contributed by atoms with E-state index < -0.39 is 0 Å². The number of halogens is 1. The lowest BCUT2D eigenvalue weighted by molar-refractivity contribution is -0.122. The fraction of sp³-hybridized carbons (Fsp3) is 0.615. The van der Waals surface area contributed by atoms with Gasteiger partial charge in [0.2, 0.25) is 5.91 Å². The molecule has 0 aromatic carbocycles. The molecule has 0 spiro atoms. The Hall–Kier alpha value is -1.01. The lowest BCUT2D eigenvalue weighted by Crippen LogP contribution is -2.37. The quantitative estimate of drug-likeness (QED) is 0.819. The Morgan fingerprint density at radius 3 is 2.79 bits per heavy atom. The van der Waals surface area contributed by atoms with Crippen molar-refractivity contribution in [3.63, 3.8) is 0 Å². The SMILES string of the molecule is CN(CCc1ncc(Br)cn1)CC(=O)NCC1CC1. The van der Waals surface area contributed by atoms with Crippen molar-refractivity contribution in [3.05, 3.63) is 22.7 Å². The van der Waals surface area contributed by atoms with E-state index in [0.717, 1.165) is 35.7 Å². The van der Waals surface area contributed by atoms with Crippen LogP contribution in [0.1, 0.15) is 18.7 Å². The third-order valence-electron chi connectivity index (χ3n) is 3.09. The maximum absolute atomic E-state index is 11.7. The van der Waals surface area contributed by atoms with Crippen LogP contribution in [0.2, 0.25) is 0 Å². The molecule has 1 fully saturated rings. The third-order valence-corrected chi connectivity index (χ3v) is 3.50. The van der Waals surface area contributed by atoms with Crippen LogP contribution in [-0.2, 0) is 11.2 Å². The minimum atomic E-state index is 0.103. The van der Waals surface area contributed by atoms with Gasteiger partial charge in [0.25, 0.3) is 0 Å². The second kappa shape index (κ2) is 6.96. The van der Waals surface area contributed by atoms with Gasteiger partial charge in [0.1, 0.15) is 5.82 Å². The highest BCUT2D eigenvalue weighted by atomic mass is 79.9. The summed E-state index contributed by atoms with van der Waals surface area (Å²) in [6.45, 7) is 2.05. The zero-order valence-corrected chi connectivity index (χ0v) is 12.7.